The highest BCUT2D eigenvalue weighted by molar-refractivity contribution is 6.36. The van der Waals surface area contributed by atoms with Gasteiger partial charge in [0.1, 0.15) is 24.2 Å². The largest absolute Gasteiger partial charge is 0.489 e. The van der Waals surface area contributed by atoms with Crippen molar-refractivity contribution < 1.29 is 19.1 Å². The lowest BCUT2D eigenvalue weighted by molar-refractivity contribution is -0.1000. The lowest BCUT2D eigenvalue weighted by atomic mass is 9.97. The topological polar surface area (TPSA) is 48.0 Å². The number of hydrogen-bond donors (Lipinski definition) is 0. The Hall–Kier alpha value is -2.96. The average Bonchev–Trinajstić information content (AvgIpc) is 3.71. The highest BCUT2D eigenvalue weighted by Gasteiger charge is 2.42. The van der Waals surface area contributed by atoms with Crippen LogP contribution in [-0.4, -0.2) is 31.8 Å². The van der Waals surface area contributed by atoms with Gasteiger partial charge in [-0.05, 0) is 66.4 Å². The van der Waals surface area contributed by atoms with E-state index in [-0.39, 0.29) is 12.0 Å². The van der Waals surface area contributed by atoms with Crippen molar-refractivity contribution in [1.82, 2.24) is 5.06 Å². The molecule has 38 heavy (non-hydrogen) atoms. The first-order valence-electron chi connectivity index (χ1n) is 12.2. The van der Waals surface area contributed by atoms with E-state index < -0.39 is 0 Å². The second-order valence-electron chi connectivity index (χ2n) is 9.26. The summed E-state index contributed by atoms with van der Waals surface area (Å²) in [6.45, 7) is 0.320. The number of rotatable bonds is 8. The number of esters is 1. The van der Waals surface area contributed by atoms with E-state index in [1.807, 2.05) is 61.7 Å². The third-order valence-electron chi connectivity index (χ3n) is 6.63. The van der Waals surface area contributed by atoms with Crippen molar-refractivity contribution >= 4 is 52.9 Å². The summed E-state index contributed by atoms with van der Waals surface area (Å²) < 4.78 is 11.0. The molecule has 8 heteroatoms. The third-order valence-corrected chi connectivity index (χ3v) is 7.61. The number of carbonyl (C=O) groups excluding carboxylic acids is 1. The maximum atomic E-state index is 11.6. The number of ether oxygens (including phenoxy) is 2. The molecule has 0 bridgehead atoms. The Kier molecular flexibility index (Phi) is 8.01. The first kappa shape index (κ1) is 26.6. The van der Waals surface area contributed by atoms with Crippen molar-refractivity contribution in [3.63, 3.8) is 0 Å². The van der Waals surface area contributed by atoms with E-state index in [0.29, 0.717) is 38.9 Å². The van der Waals surface area contributed by atoms with Crippen molar-refractivity contribution in [1.29, 1.82) is 0 Å². The molecule has 1 atom stereocenters. The Labute approximate surface area is 237 Å². The maximum Gasteiger partial charge on any atom is 0.337 e. The monoisotopic (exact) mass is 569 g/mol. The number of benzene rings is 3. The van der Waals surface area contributed by atoms with Crippen molar-refractivity contribution in [3.8, 4) is 5.75 Å². The molecule has 0 saturated heterocycles. The molecule has 0 N–H and O–H groups in total. The van der Waals surface area contributed by atoms with Crippen LogP contribution in [0.4, 0.5) is 0 Å². The molecule has 1 saturated carbocycles. The molecule has 1 aliphatic carbocycles. The number of hydroxylamine groups is 2. The Morgan fingerprint density at radius 3 is 2.34 bits per heavy atom. The van der Waals surface area contributed by atoms with E-state index in [1.54, 1.807) is 23.3 Å². The number of halogens is 3. The lowest BCUT2D eigenvalue weighted by Gasteiger charge is -2.23. The van der Waals surface area contributed by atoms with Gasteiger partial charge in [0.05, 0.1) is 17.7 Å². The molecule has 0 aromatic heterocycles. The van der Waals surface area contributed by atoms with E-state index in [0.717, 1.165) is 40.9 Å². The Morgan fingerprint density at radius 1 is 1.00 bits per heavy atom. The minimum atomic E-state index is -0.365. The molecule has 2 aliphatic rings. The van der Waals surface area contributed by atoms with Crippen molar-refractivity contribution in [3.05, 3.63) is 109 Å². The smallest absolute Gasteiger partial charge is 0.337 e. The average molecular weight is 571 g/mol. The van der Waals surface area contributed by atoms with Crippen LogP contribution in [0.1, 0.15) is 45.9 Å². The Balaban J connectivity index is 1.32. The summed E-state index contributed by atoms with van der Waals surface area (Å²) in [5.41, 5.74) is 4.11. The second-order valence-corrected chi connectivity index (χ2v) is 10.5. The number of methoxy groups -OCH3 is 1. The summed E-state index contributed by atoms with van der Waals surface area (Å²) in [6, 6.07) is 18.0. The van der Waals surface area contributed by atoms with Gasteiger partial charge >= 0.3 is 5.97 Å². The minimum Gasteiger partial charge on any atom is -0.489 e. The van der Waals surface area contributed by atoms with Crippen LogP contribution < -0.4 is 4.74 Å². The van der Waals surface area contributed by atoms with Crippen molar-refractivity contribution in [2.75, 3.05) is 20.8 Å². The van der Waals surface area contributed by atoms with Gasteiger partial charge in [-0.15, -0.1) is 5.06 Å². The van der Waals surface area contributed by atoms with Gasteiger partial charge in [-0.3, -0.25) is 0 Å². The van der Waals surface area contributed by atoms with Crippen LogP contribution in [0.2, 0.25) is 15.1 Å². The van der Waals surface area contributed by atoms with Gasteiger partial charge < -0.3 is 14.3 Å². The minimum absolute atomic E-state index is 0.241. The zero-order valence-corrected chi connectivity index (χ0v) is 23.2. The molecule has 1 fully saturated rings. The summed E-state index contributed by atoms with van der Waals surface area (Å²) in [5.74, 6) is 1.62. The molecule has 3 aromatic carbocycles. The normalized spacial score (nSPS) is 17.7. The molecule has 1 aliphatic heterocycles. The SMILES string of the molecule is COC(=O)c1ccc(/C=C/c2ccc(OCC3=C(C4CC4)ON(C)C3c3c(Cl)cccc3Cl)cc2Cl)cc1. The fraction of sp³-hybridized carbons (Fsp3) is 0.233. The van der Waals surface area contributed by atoms with Crippen LogP contribution in [0.3, 0.4) is 0 Å². The van der Waals surface area contributed by atoms with Gasteiger partial charge in [0.25, 0.3) is 0 Å². The first-order valence-corrected chi connectivity index (χ1v) is 13.4. The summed E-state index contributed by atoms with van der Waals surface area (Å²) in [5, 5.41) is 3.54. The molecule has 196 valence electrons. The summed E-state index contributed by atoms with van der Waals surface area (Å²) >= 11 is 19.7. The van der Waals surface area contributed by atoms with E-state index in [2.05, 4.69) is 0 Å². The number of hydrogen-bond acceptors (Lipinski definition) is 5. The van der Waals surface area contributed by atoms with E-state index >= 15 is 0 Å². The molecule has 0 spiro atoms. The molecular weight excluding hydrogens is 545 g/mol. The number of carbonyl (C=O) groups is 1. The predicted octanol–water partition coefficient (Wildman–Crippen LogP) is 8.27. The number of nitrogens with zero attached hydrogens (tertiary/aromatic N) is 1. The quantitative estimate of drug-likeness (QED) is 0.201. The van der Waals surface area contributed by atoms with Crippen LogP contribution >= 0.6 is 34.8 Å². The molecule has 5 nitrogen and oxygen atoms in total. The molecule has 1 heterocycles. The molecule has 3 aromatic rings. The lowest BCUT2D eigenvalue weighted by Crippen LogP contribution is -2.22. The fourth-order valence-corrected chi connectivity index (χ4v) is 5.35. The van der Waals surface area contributed by atoms with E-state index in [9.17, 15) is 4.79 Å². The van der Waals surface area contributed by atoms with Gasteiger partial charge in [0.15, 0.2) is 0 Å². The molecule has 0 radical (unpaired) electrons. The highest BCUT2D eigenvalue weighted by atomic mass is 35.5. The van der Waals surface area contributed by atoms with E-state index in [4.69, 9.17) is 49.1 Å². The second kappa shape index (κ2) is 11.4. The third kappa shape index (κ3) is 5.71. The van der Waals surface area contributed by atoms with Crippen LogP contribution in [0.25, 0.3) is 12.2 Å². The maximum absolute atomic E-state index is 11.6. The zero-order chi connectivity index (χ0) is 26.8. The van der Waals surface area contributed by atoms with Crippen LogP contribution in [-0.2, 0) is 9.57 Å². The zero-order valence-electron chi connectivity index (χ0n) is 20.9. The van der Waals surface area contributed by atoms with Gasteiger partial charge in [0, 0.05) is 34.1 Å². The van der Waals surface area contributed by atoms with E-state index in [1.165, 1.54) is 7.11 Å². The van der Waals surface area contributed by atoms with Gasteiger partial charge in [-0.2, -0.15) is 0 Å². The van der Waals surface area contributed by atoms with Crippen molar-refractivity contribution in [2.45, 2.75) is 18.9 Å². The van der Waals surface area contributed by atoms with Gasteiger partial charge in [-0.1, -0.05) is 65.2 Å². The first-order chi connectivity index (χ1) is 18.4. The predicted molar refractivity (Wildman–Crippen MR) is 151 cm³/mol. The summed E-state index contributed by atoms with van der Waals surface area (Å²) in [4.78, 5) is 17.8. The standard InChI is InChI=1S/C30H26Cl3NO4/c1-34-28(27-24(31)4-3-5-25(27)32)23(29(38-34)20-12-13-20)17-37-22-15-14-19(26(33)16-22)9-6-18-7-10-21(11-8-18)30(35)36-2/h3-11,14-16,20,28H,12-13,17H2,1-2H3/b9-6+. The molecule has 0 amide bonds. The molecule has 1 unspecified atom stereocenters. The molecular formula is C30H26Cl3NO4. The Morgan fingerprint density at radius 2 is 1.71 bits per heavy atom. The van der Waals surface area contributed by atoms with Crippen molar-refractivity contribution in [2.24, 2.45) is 5.92 Å². The van der Waals surface area contributed by atoms with Crippen LogP contribution in [0, 0.1) is 5.92 Å². The van der Waals surface area contributed by atoms with Crippen LogP contribution in [0.15, 0.2) is 72.0 Å². The van der Waals surface area contributed by atoms with Crippen LogP contribution in [0.5, 0.6) is 5.75 Å². The molecule has 5 rings (SSSR count). The number of allylic oxidation sites excluding steroid dienone is 1. The number of likely N-dealkylation sites (N-methyl/N-ethyl adjacent to an activating group) is 1. The highest BCUT2D eigenvalue weighted by Crippen LogP contribution is 2.49. The van der Waals surface area contributed by atoms with Gasteiger partial charge in [0.2, 0.25) is 0 Å². The van der Waals surface area contributed by atoms with Gasteiger partial charge in [-0.25, -0.2) is 4.79 Å². The summed E-state index contributed by atoms with van der Waals surface area (Å²) in [7, 11) is 3.25. The summed E-state index contributed by atoms with van der Waals surface area (Å²) in [6.07, 6.45) is 6.03. The Bertz CT molecular complexity index is 1390. The fourth-order valence-electron chi connectivity index (χ4n) is 4.51.